The van der Waals surface area contributed by atoms with E-state index in [0.29, 0.717) is 32.1 Å². The molecule has 0 aromatic heterocycles. The molecule has 0 spiro atoms. The summed E-state index contributed by atoms with van der Waals surface area (Å²) < 4.78 is 39.6. The summed E-state index contributed by atoms with van der Waals surface area (Å²) in [7, 11) is 0. The van der Waals surface area contributed by atoms with Crippen molar-refractivity contribution in [1.29, 1.82) is 0 Å². The molecule has 2 fully saturated rings. The lowest BCUT2D eigenvalue weighted by Gasteiger charge is -2.29. The van der Waals surface area contributed by atoms with Gasteiger partial charge in [0.2, 0.25) is 5.91 Å². The van der Waals surface area contributed by atoms with E-state index < -0.39 is 11.7 Å². The number of halogens is 4. The molecule has 1 heterocycles. The Morgan fingerprint density at radius 3 is 2.46 bits per heavy atom. The number of nitrogens with one attached hydrogen (secondary N) is 1. The molecular weight excluding hydrogens is 367 g/mol. The van der Waals surface area contributed by atoms with E-state index in [0.717, 1.165) is 32.0 Å². The van der Waals surface area contributed by atoms with Gasteiger partial charge in [-0.2, -0.15) is 13.2 Å². The molecule has 0 atom stereocenters. The standard InChI is InChI=1S/C18H24F3N3O.ClH/c19-18(20,21)16-4-2-1-3-14(16)13-24(15-5-6-15)10-7-17(25)23-11-8-22-9-12-23;/h1-4,15,22H,5-13H2;1H. The van der Waals surface area contributed by atoms with Crippen molar-refractivity contribution in [2.45, 2.75) is 38.0 Å². The summed E-state index contributed by atoms with van der Waals surface area (Å²) >= 11 is 0. The average Bonchev–Trinajstić information content (AvgIpc) is 3.43. The van der Waals surface area contributed by atoms with Crippen LogP contribution in [0.2, 0.25) is 0 Å². The SMILES string of the molecule is Cl.O=C(CCN(Cc1ccccc1C(F)(F)F)C1CC1)N1CCNCC1. The van der Waals surface area contributed by atoms with Crippen molar-refractivity contribution in [2.75, 3.05) is 32.7 Å². The summed E-state index contributed by atoms with van der Waals surface area (Å²) in [5.74, 6) is 0.0938. The molecule has 8 heteroatoms. The predicted octanol–water partition coefficient (Wildman–Crippen LogP) is 2.91. The Balaban J connectivity index is 0.00000243. The number of piperazine rings is 1. The molecule has 0 bridgehead atoms. The maximum Gasteiger partial charge on any atom is 0.416 e. The van der Waals surface area contributed by atoms with Gasteiger partial charge in [0.1, 0.15) is 0 Å². The molecule has 1 aromatic rings. The van der Waals surface area contributed by atoms with Gasteiger partial charge < -0.3 is 10.2 Å². The Morgan fingerprint density at radius 1 is 1.19 bits per heavy atom. The highest BCUT2D eigenvalue weighted by molar-refractivity contribution is 5.85. The highest BCUT2D eigenvalue weighted by Crippen LogP contribution is 2.34. The van der Waals surface area contributed by atoms with E-state index in [1.165, 1.54) is 12.1 Å². The van der Waals surface area contributed by atoms with Gasteiger partial charge in [-0.05, 0) is 24.5 Å². The van der Waals surface area contributed by atoms with E-state index in [4.69, 9.17) is 0 Å². The third-order valence-electron chi connectivity index (χ3n) is 4.84. The van der Waals surface area contributed by atoms with Gasteiger partial charge in [0.15, 0.2) is 0 Å². The molecule has 1 N–H and O–H groups in total. The largest absolute Gasteiger partial charge is 0.416 e. The molecule has 1 aliphatic carbocycles. The van der Waals surface area contributed by atoms with Crippen LogP contribution in [0.15, 0.2) is 24.3 Å². The predicted molar refractivity (Wildman–Crippen MR) is 96.2 cm³/mol. The second kappa shape index (κ2) is 9.06. The Morgan fingerprint density at radius 2 is 1.85 bits per heavy atom. The molecule has 1 aromatic carbocycles. The summed E-state index contributed by atoms with van der Waals surface area (Å²) in [4.78, 5) is 16.2. The number of amides is 1. The molecule has 1 amide bonds. The molecule has 2 aliphatic rings. The lowest BCUT2D eigenvalue weighted by atomic mass is 10.1. The van der Waals surface area contributed by atoms with E-state index >= 15 is 0 Å². The Bertz CT molecular complexity index is 602. The van der Waals surface area contributed by atoms with Crippen molar-refractivity contribution in [2.24, 2.45) is 0 Å². The first kappa shape index (κ1) is 21.0. The first-order valence-electron chi connectivity index (χ1n) is 8.83. The van der Waals surface area contributed by atoms with Crippen LogP contribution in [0.3, 0.4) is 0 Å². The smallest absolute Gasteiger partial charge is 0.340 e. The zero-order valence-corrected chi connectivity index (χ0v) is 15.4. The second-order valence-electron chi connectivity index (χ2n) is 6.74. The van der Waals surface area contributed by atoms with Crippen LogP contribution >= 0.6 is 12.4 Å². The highest BCUT2D eigenvalue weighted by Gasteiger charge is 2.35. The number of benzene rings is 1. The highest BCUT2D eigenvalue weighted by atomic mass is 35.5. The van der Waals surface area contributed by atoms with Crippen molar-refractivity contribution in [1.82, 2.24) is 15.1 Å². The monoisotopic (exact) mass is 391 g/mol. The molecule has 4 nitrogen and oxygen atoms in total. The van der Waals surface area contributed by atoms with E-state index in [9.17, 15) is 18.0 Å². The number of rotatable bonds is 6. The number of alkyl halides is 3. The lowest BCUT2D eigenvalue weighted by Crippen LogP contribution is -2.47. The fourth-order valence-electron chi connectivity index (χ4n) is 3.30. The van der Waals surface area contributed by atoms with Gasteiger partial charge in [-0.25, -0.2) is 0 Å². The van der Waals surface area contributed by atoms with E-state index in [1.807, 2.05) is 9.80 Å². The Kier molecular flexibility index (Phi) is 7.32. The third-order valence-corrected chi connectivity index (χ3v) is 4.84. The summed E-state index contributed by atoms with van der Waals surface area (Å²) in [6.45, 7) is 3.78. The number of carbonyl (C=O) groups excluding carboxylic acids is 1. The second-order valence-corrected chi connectivity index (χ2v) is 6.74. The number of nitrogens with zero attached hydrogens (tertiary/aromatic N) is 2. The van der Waals surface area contributed by atoms with Gasteiger partial charge >= 0.3 is 6.18 Å². The quantitative estimate of drug-likeness (QED) is 0.810. The summed E-state index contributed by atoms with van der Waals surface area (Å²) in [5.41, 5.74) is -0.286. The fraction of sp³-hybridized carbons (Fsp3) is 0.611. The zero-order chi connectivity index (χ0) is 17.9. The first-order valence-corrected chi connectivity index (χ1v) is 8.83. The van der Waals surface area contributed by atoms with Crippen molar-refractivity contribution in [3.05, 3.63) is 35.4 Å². The molecule has 26 heavy (non-hydrogen) atoms. The molecule has 0 radical (unpaired) electrons. The van der Waals surface area contributed by atoms with Crippen LogP contribution in [0.25, 0.3) is 0 Å². The number of hydrogen-bond donors (Lipinski definition) is 1. The van der Waals surface area contributed by atoms with Crippen molar-refractivity contribution in [3.8, 4) is 0 Å². The van der Waals surface area contributed by atoms with Gasteiger partial charge in [0.05, 0.1) is 5.56 Å². The number of hydrogen-bond acceptors (Lipinski definition) is 3. The van der Waals surface area contributed by atoms with Gasteiger partial charge in [-0.1, -0.05) is 18.2 Å². The van der Waals surface area contributed by atoms with Gasteiger partial charge in [-0.3, -0.25) is 9.69 Å². The van der Waals surface area contributed by atoms with Crippen LogP contribution in [-0.4, -0.2) is 54.5 Å². The molecule has 1 saturated carbocycles. The van der Waals surface area contributed by atoms with Crippen molar-refractivity contribution >= 4 is 18.3 Å². The van der Waals surface area contributed by atoms with Gasteiger partial charge in [0.25, 0.3) is 0 Å². The third kappa shape index (κ3) is 5.59. The maximum absolute atomic E-state index is 13.2. The van der Waals surface area contributed by atoms with Crippen LogP contribution in [0.5, 0.6) is 0 Å². The normalized spacial score (nSPS) is 17.9. The fourth-order valence-corrected chi connectivity index (χ4v) is 3.30. The van der Waals surface area contributed by atoms with Crippen LogP contribution in [0.4, 0.5) is 13.2 Å². The van der Waals surface area contributed by atoms with Gasteiger partial charge in [-0.15, -0.1) is 12.4 Å². The van der Waals surface area contributed by atoms with Gasteiger partial charge in [0, 0.05) is 51.7 Å². The maximum atomic E-state index is 13.2. The van der Waals surface area contributed by atoms with Crippen LogP contribution in [-0.2, 0) is 17.5 Å². The van der Waals surface area contributed by atoms with E-state index in [-0.39, 0.29) is 30.4 Å². The van der Waals surface area contributed by atoms with Crippen LogP contribution < -0.4 is 5.32 Å². The topological polar surface area (TPSA) is 35.6 Å². The molecule has 1 saturated heterocycles. The molecule has 3 rings (SSSR count). The molecule has 146 valence electrons. The minimum absolute atomic E-state index is 0. The van der Waals surface area contributed by atoms with Crippen LogP contribution in [0, 0.1) is 0 Å². The molecule has 0 unspecified atom stereocenters. The van der Waals surface area contributed by atoms with Crippen LogP contribution in [0.1, 0.15) is 30.4 Å². The Labute approximate surface area is 158 Å². The van der Waals surface area contributed by atoms with E-state index in [1.54, 1.807) is 6.07 Å². The minimum Gasteiger partial charge on any atom is -0.340 e. The Hall–Kier alpha value is -1.31. The van der Waals surface area contributed by atoms with Crippen molar-refractivity contribution < 1.29 is 18.0 Å². The molecular formula is C18H25ClF3N3O. The first-order chi connectivity index (χ1) is 11.9. The lowest BCUT2D eigenvalue weighted by molar-refractivity contribution is -0.138. The summed E-state index contributed by atoms with van der Waals surface area (Å²) in [6, 6.07) is 6.03. The van der Waals surface area contributed by atoms with E-state index in [2.05, 4.69) is 5.32 Å². The molecule has 1 aliphatic heterocycles. The minimum atomic E-state index is -4.34. The summed E-state index contributed by atoms with van der Waals surface area (Å²) in [6.07, 6.45) is -1.99. The zero-order valence-electron chi connectivity index (χ0n) is 14.6. The number of carbonyl (C=O) groups is 1. The van der Waals surface area contributed by atoms with Crippen molar-refractivity contribution in [3.63, 3.8) is 0 Å². The average molecular weight is 392 g/mol. The summed E-state index contributed by atoms with van der Waals surface area (Å²) in [5, 5.41) is 3.20.